The van der Waals surface area contributed by atoms with Gasteiger partial charge in [0.2, 0.25) is 11.8 Å². The maximum atomic E-state index is 14.3. The van der Waals surface area contributed by atoms with Crippen molar-refractivity contribution in [2.45, 2.75) is 18.8 Å². The molecule has 5 nitrogen and oxygen atoms in total. The number of halogens is 3. The van der Waals surface area contributed by atoms with Gasteiger partial charge in [-0.25, -0.2) is 13.2 Å². The Morgan fingerprint density at radius 3 is 2.41 bits per heavy atom. The predicted molar refractivity (Wildman–Crippen MR) is 101 cm³/mol. The van der Waals surface area contributed by atoms with Gasteiger partial charge in [-0.2, -0.15) is 0 Å². The Morgan fingerprint density at radius 2 is 1.76 bits per heavy atom. The SMILES string of the molecule is NC(=O)CNC(=O)[C@H]1C[C@@H](c2c(-c3ccc(F)cc3)[nH]c3c(F)cc(F)cc32)C1. The van der Waals surface area contributed by atoms with E-state index in [2.05, 4.69) is 10.3 Å². The highest BCUT2D eigenvalue weighted by Gasteiger charge is 2.38. The molecule has 3 aromatic rings. The molecule has 150 valence electrons. The van der Waals surface area contributed by atoms with Crippen LogP contribution < -0.4 is 11.1 Å². The van der Waals surface area contributed by atoms with Gasteiger partial charge in [0.1, 0.15) is 17.5 Å². The highest BCUT2D eigenvalue weighted by Crippen LogP contribution is 2.48. The van der Waals surface area contributed by atoms with Gasteiger partial charge in [-0.15, -0.1) is 0 Å². The molecule has 8 heteroatoms. The summed E-state index contributed by atoms with van der Waals surface area (Å²) in [7, 11) is 0. The second kappa shape index (κ2) is 7.27. The molecule has 0 atom stereocenters. The van der Waals surface area contributed by atoms with Crippen LogP contribution in [0.3, 0.4) is 0 Å². The Hall–Kier alpha value is -3.29. The summed E-state index contributed by atoms with van der Waals surface area (Å²) >= 11 is 0. The smallest absolute Gasteiger partial charge is 0.236 e. The molecule has 2 aromatic carbocycles. The van der Waals surface area contributed by atoms with Gasteiger partial charge in [0.05, 0.1) is 17.8 Å². The summed E-state index contributed by atoms with van der Waals surface area (Å²) in [6, 6.07) is 7.78. The second-order valence-electron chi connectivity index (χ2n) is 7.28. The van der Waals surface area contributed by atoms with E-state index >= 15 is 0 Å². The Labute approximate surface area is 164 Å². The third-order valence-corrected chi connectivity index (χ3v) is 5.35. The van der Waals surface area contributed by atoms with Gasteiger partial charge < -0.3 is 16.0 Å². The van der Waals surface area contributed by atoms with Crippen molar-refractivity contribution in [2.24, 2.45) is 11.7 Å². The number of nitrogens with two attached hydrogens (primary N) is 1. The molecule has 4 N–H and O–H groups in total. The number of H-pyrrole nitrogens is 1. The van der Waals surface area contributed by atoms with Crippen LogP contribution in [0, 0.1) is 23.4 Å². The lowest BCUT2D eigenvalue weighted by molar-refractivity contribution is -0.130. The first kappa shape index (κ1) is 19.0. The number of benzene rings is 2. The highest BCUT2D eigenvalue weighted by molar-refractivity contribution is 5.93. The molecular weight excluding hydrogens is 383 g/mol. The second-order valence-corrected chi connectivity index (χ2v) is 7.28. The average molecular weight is 401 g/mol. The molecule has 1 aromatic heterocycles. The number of nitrogens with one attached hydrogen (secondary N) is 2. The Balaban J connectivity index is 1.70. The Kier molecular flexibility index (Phi) is 4.77. The third kappa shape index (κ3) is 3.57. The molecule has 1 aliphatic rings. The van der Waals surface area contributed by atoms with Crippen LogP contribution in [0.4, 0.5) is 13.2 Å². The van der Waals surface area contributed by atoms with Crippen LogP contribution in [0.25, 0.3) is 22.2 Å². The largest absolute Gasteiger partial charge is 0.368 e. The highest BCUT2D eigenvalue weighted by atomic mass is 19.1. The fraction of sp³-hybridized carbons (Fsp3) is 0.238. The summed E-state index contributed by atoms with van der Waals surface area (Å²) in [6.45, 7) is -0.232. The van der Waals surface area contributed by atoms with E-state index < -0.39 is 23.4 Å². The first-order valence-corrected chi connectivity index (χ1v) is 9.16. The molecule has 0 spiro atoms. The van der Waals surface area contributed by atoms with E-state index in [-0.39, 0.29) is 29.8 Å². The summed E-state index contributed by atoms with van der Waals surface area (Å²) < 4.78 is 41.6. The fourth-order valence-corrected chi connectivity index (χ4v) is 3.89. The molecule has 0 aliphatic heterocycles. The number of hydrogen-bond donors (Lipinski definition) is 3. The quantitative estimate of drug-likeness (QED) is 0.612. The molecule has 0 saturated heterocycles. The molecule has 1 fully saturated rings. The number of rotatable bonds is 5. The molecule has 0 bridgehead atoms. The van der Waals surface area contributed by atoms with E-state index in [1.807, 2.05) is 0 Å². The van der Waals surface area contributed by atoms with Crippen LogP contribution in [0.5, 0.6) is 0 Å². The summed E-state index contributed by atoms with van der Waals surface area (Å²) in [5.41, 5.74) is 7.11. The van der Waals surface area contributed by atoms with E-state index in [1.54, 1.807) is 12.1 Å². The summed E-state index contributed by atoms with van der Waals surface area (Å²) in [5, 5.41) is 2.88. The van der Waals surface area contributed by atoms with E-state index in [0.717, 1.165) is 6.07 Å². The minimum atomic E-state index is -0.718. The normalized spacial score (nSPS) is 18.4. The van der Waals surface area contributed by atoms with E-state index in [9.17, 15) is 22.8 Å². The first-order chi connectivity index (χ1) is 13.8. The maximum Gasteiger partial charge on any atom is 0.236 e. The first-order valence-electron chi connectivity index (χ1n) is 9.16. The molecule has 1 saturated carbocycles. The topological polar surface area (TPSA) is 88.0 Å². The fourth-order valence-electron chi connectivity index (χ4n) is 3.89. The number of aromatic nitrogens is 1. The Morgan fingerprint density at radius 1 is 1.07 bits per heavy atom. The van der Waals surface area contributed by atoms with Gasteiger partial charge in [-0.1, -0.05) is 0 Å². The van der Waals surface area contributed by atoms with Crippen LogP contribution in [-0.2, 0) is 9.59 Å². The standard InChI is InChI=1S/C21H18F3N3O2/c22-13-3-1-10(2-4-13)19-18(15-7-14(23)8-16(24)20(15)27-19)11-5-12(6-11)21(29)26-9-17(25)28/h1-4,7-8,11-12,27H,5-6,9H2,(H2,25,28)(H,26,29)/t11-,12+. The number of primary amides is 1. The van der Waals surface area contributed by atoms with E-state index in [1.165, 1.54) is 18.2 Å². The van der Waals surface area contributed by atoms with Crippen molar-refractivity contribution in [3.63, 3.8) is 0 Å². The minimum Gasteiger partial charge on any atom is -0.368 e. The lowest BCUT2D eigenvalue weighted by Crippen LogP contribution is -2.41. The van der Waals surface area contributed by atoms with Crippen molar-refractivity contribution in [3.8, 4) is 11.3 Å². The lowest BCUT2D eigenvalue weighted by atomic mass is 9.70. The van der Waals surface area contributed by atoms with Gasteiger partial charge in [-0.05, 0) is 60.2 Å². The number of carbonyl (C=O) groups excluding carboxylic acids is 2. The summed E-state index contributed by atoms with van der Waals surface area (Å²) in [5.74, 6) is -3.16. The zero-order chi connectivity index (χ0) is 20.7. The van der Waals surface area contributed by atoms with Crippen molar-refractivity contribution in [2.75, 3.05) is 6.54 Å². The molecule has 0 radical (unpaired) electrons. The van der Waals surface area contributed by atoms with Gasteiger partial charge in [0.15, 0.2) is 0 Å². The third-order valence-electron chi connectivity index (χ3n) is 5.35. The van der Waals surface area contributed by atoms with Crippen molar-refractivity contribution >= 4 is 22.7 Å². The Bertz CT molecular complexity index is 1100. The molecule has 2 amide bonds. The molecule has 0 unspecified atom stereocenters. The summed E-state index contributed by atoms with van der Waals surface area (Å²) in [6.07, 6.45) is 0.924. The number of amides is 2. The predicted octanol–water partition coefficient (Wildman–Crippen LogP) is 3.35. The molecule has 1 heterocycles. The molecule has 4 rings (SSSR count). The van der Waals surface area contributed by atoms with E-state index in [0.29, 0.717) is 35.0 Å². The van der Waals surface area contributed by atoms with Crippen LogP contribution in [0.15, 0.2) is 36.4 Å². The average Bonchev–Trinajstić information content (AvgIpc) is 2.99. The van der Waals surface area contributed by atoms with Crippen LogP contribution >= 0.6 is 0 Å². The summed E-state index contributed by atoms with van der Waals surface area (Å²) in [4.78, 5) is 25.9. The van der Waals surface area contributed by atoms with Gasteiger partial charge in [0, 0.05) is 17.4 Å². The molecule has 29 heavy (non-hydrogen) atoms. The zero-order valence-corrected chi connectivity index (χ0v) is 15.3. The monoisotopic (exact) mass is 401 g/mol. The van der Waals surface area contributed by atoms with Crippen LogP contribution in [-0.4, -0.2) is 23.3 Å². The van der Waals surface area contributed by atoms with Gasteiger partial charge in [0.25, 0.3) is 0 Å². The maximum absolute atomic E-state index is 14.3. The number of fused-ring (bicyclic) bond motifs is 1. The van der Waals surface area contributed by atoms with Crippen LogP contribution in [0.1, 0.15) is 24.3 Å². The number of carbonyl (C=O) groups is 2. The number of aromatic amines is 1. The molecule has 1 aliphatic carbocycles. The van der Waals surface area contributed by atoms with Crippen LogP contribution in [0.2, 0.25) is 0 Å². The lowest BCUT2D eigenvalue weighted by Gasteiger charge is -2.35. The van der Waals surface area contributed by atoms with Crippen molar-refractivity contribution < 1.29 is 22.8 Å². The van der Waals surface area contributed by atoms with E-state index in [4.69, 9.17) is 5.73 Å². The minimum absolute atomic E-state index is 0.116. The molecular formula is C21H18F3N3O2. The van der Waals surface area contributed by atoms with Crippen molar-refractivity contribution in [1.29, 1.82) is 0 Å². The van der Waals surface area contributed by atoms with Crippen molar-refractivity contribution in [3.05, 3.63) is 59.4 Å². The number of hydrogen-bond acceptors (Lipinski definition) is 2. The van der Waals surface area contributed by atoms with Crippen molar-refractivity contribution in [1.82, 2.24) is 10.3 Å². The van der Waals surface area contributed by atoms with Gasteiger partial charge >= 0.3 is 0 Å². The van der Waals surface area contributed by atoms with Gasteiger partial charge in [-0.3, -0.25) is 9.59 Å². The zero-order valence-electron chi connectivity index (χ0n) is 15.3.